The van der Waals surface area contributed by atoms with Crippen LogP contribution in [0.4, 0.5) is 0 Å². The highest BCUT2D eigenvalue weighted by Crippen LogP contribution is 2.21. The van der Waals surface area contributed by atoms with E-state index < -0.39 is 0 Å². The van der Waals surface area contributed by atoms with E-state index in [-0.39, 0.29) is 5.97 Å². The van der Waals surface area contributed by atoms with Gasteiger partial charge in [0.25, 0.3) is 0 Å². The molecular weight excluding hydrogens is 250 g/mol. The Hall–Kier alpha value is -1.62. The van der Waals surface area contributed by atoms with Crippen molar-refractivity contribution >= 4 is 23.2 Å². The highest BCUT2D eigenvalue weighted by atomic mass is 32.1. The van der Waals surface area contributed by atoms with Crippen molar-refractivity contribution in [3.63, 3.8) is 0 Å². The van der Waals surface area contributed by atoms with Crippen molar-refractivity contribution in [2.75, 3.05) is 13.2 Å². The molecule has 0 heterocycles. The maximum Gasteiger partial charge on any atom is 0.338 e. The zero-order valence-corrected chi connectivity index (χ0v) is 11.4. The van der Waals surface area contributed by atoms with Crippen LogP contribution in [0.5, 0.6) is 5.75 Å². The molecular formula is C13H17NO3S. The van der Waals surface area contributed by atoms with Crippen LogP contribution in [0.3, 0.4) is 0 Å². The Morgan fingerprint density at radius 2 is 2.06 bits per heavy atom. The number of carbonyl (C=O) groups excluding carboxylic acids is 1. The van der Waals surface area contributed by atoms with E-state index in [0.717, 1.165) is 5.56 Å². The molecule has 0 aliphatic carbocycles. The molecule has 0 unspecified atom stereocenters. The van der Waals surface area contributed by atoms with Crippen molar-refractivity contribution in [2.24, 2.45) is 5.73 Å². The molecule has 0 aliphatic heterocycles. The highest BCUT2D eigenvalue weighted by molar-refractivity contribution is 7.80. The van der Waals surface area contributed by atoms with Gasteiger partial charge in [0.05, 0.1) is 23.8 Å². The van der Waals surface area contributed by atoms with Gasteiger partial charge in [-0.2, -0.15) is 0 Å². The summed E-state index contributed by atoms with van der Waals surface area (Å²) in [6.45, 7) is 4.55. The predicted octanol–water partition coefficient (Wildman–Crippen LogP) is 2.09. The van der Waals surface area contributed by atoms with Gasteiger partial charge < -0.3 is 15.2 Å². The summed E-state index contributed by atoms with van der Waals surface area (Å²) in [6.07, 6.45) is 0.401. The number of carbonyl (C=O) groups is 1. The Labute approximate surface area is 112 Å². The Kier molecular flexibility index (Phi) is 5.58. The molecule has 1 aromatic carbocycles. The topological polar surface area (TPSA) is 61.5 Å². The molecule has 98 valence electrons. The fraction of sp³-hybridized carbons (Fsp3) is 0.385. The molecule has 2 N–H and O–H groups in total. The lowest BCUT2D eigenvalue weighted by Gasteiger charge is -2.11. The van der Waals surface area contributed by atoms with Gasteiger partial charge in [-0.05, 0) is 32.0 Å². The number of ether oxygens (including phenoxy) is 2. The smallest absolute Gasteiger partial charge is 0.338 e. The van der Waals surface area contributed by atoms with Crippen LogP contribution >= 0.6 is 12.2 Å². The first-order valence-corrected chi connectivity index (χ1v) is 6.20. The number of hydrogen-bond donors (Lipinski definition) is 1. The molecule has 0 fully saturated rings. The third-order valence-corrected chi connectivity index (χ3v) is 2.38. The normalized spacial score (nSPS) is 9.89. The minimum absolute atomic E-state index is 0.344. The van der Waals surface area contributed by atoms with Crippen molar-refractivity contribution < 1.29 is 14.3 Å². The van der Waals surface area contributed by atoms with Gasteiger partial charge in [-0.25, -0.2) is 4.79 Å². The molecule has 0 saturated heterocycles. The summed E-state index contributed by atoms with van der Waals surface area (Å²) in [5.74, 6) is 0.336. The summed E-state index contributed by atoms with van der Waals surface area (Å²) >= 11 is 4.89. The number of rotatable bonds is 6. The fourth-order valence-corrected chi connectivity index (χ4v) is 1.70. The van der Waals surface area contributed by atoms with Crippen LogP contribution in [0, 0.1) is 0 Å². The van der Waals surface area contributed by atoms with E-state index >= 15 is 0 Å². The van der Waals surface area contributed by atoms with E-state index in [4.69, 9.17) is 27.4 Å². The summed E-state index contributed by atoms with van der Waals surface area (Å²) in [7, 11) is 0. The second-order valence-electron chi connectivity index (χ2n) is 3.62. The Morgan fingerprint density at radius 1 is 1.33 bits per heavy atom. The SMILES string of the molecule is CCOC(=O)c1ccc(OCC)c(CC(N)=S)c1. The number of hydrogen-bond acceptors (Lipinski definition) is 4. The minimum atomic E-state index is -0.357. The van der Waals surface area contributed by atoms with E-state index in [1.807, 2.05) is 6.92 Å². The van der Waals surface area contributed by atoms with E-state index in [2.05, 4.69) is 0 Å². The largest absolute Gasteiger partial charge is 0.494 e. The molecule has 1 aromatic rings. The van der Waals surface area contributed by atoms with Crippen molar-refractivity contribution in [2.45, 2.75) is 20.3 Å². The number of benzene rings is 1. The van der Waals surface area contributed by atoms with Crippen LogP contribution in [0.15, 0.2) is 18.2 Å². The van der Waals surface area contributed by atoms with Gasteiger partial charge in [-0.3, -0.25) is 0 Å². The molecule has 18 heavy (non-hydrogen) atoms. The molecule has 0 aromatic heterocycles. The summed E-state index contributed by atoms with van der Waals surface area (Å²) in [6, 6.07) is 5.12. The lowest BCUT2D eigenvalue weighted by Crippen LogP contribution is -2.13. The zero-order chi connectivity index (χ0) is 13.5. The van der Waals surface area contributed by atoms with E-state index in [1.165, 1.54) is 0 Å². The number of nitrogens with two attached hydrogens (primary N) is 1. The Bertz CT molecular complexity index is 446. The molecule has 0 atom stereocenters. The highest BCUT2D eigenvalue weighted by Gasteiger charge is 2.11. The van der Waals surface area contributed by atoms with Gasteiger partial charge >= 0.3 is 5.97 Å². The summed E-state index contributed by atoms with van der Waals surface area (Å²) < 4.78 is 10.4. The van der Waals surface area contributed by atoms with Gasteiger partial charge in [0.15, 0.2) is 0 Å². The molecule has 5 heteroatoms. The van der Waals surface area contributed by atoms with E-state index in [0.29, 0.717) is 35.9 Å². The monoisotopic (exact) mass is 267 g/mol. The molecule has 0 saturated carbocycles. The average molecular weight is 267 g/mol. The van der Waals surface area contributed by atoms with Crippen LogP contribution in [0.2, 0.25) is 0 Å². The van der Waals surface area contributed by atoms with Crippen molar-refractivity contribution in [3.05, 3.63) is 29.3 Å². The van der Waals surface area contributed by atoms with E-state index in [9.17, 15) is 4.79 Å². The van der Waals surface area contributed by atoms with E-state index in [1.54, 1.807) is 25.1 Å². The Balaban J connectivity index is 3.03. The molecule has 0 aliphatic rings. The van der Waals surface area contributed by atoms with Crippen LogP contribution in [0.25, 0.3) is 0 Å². The van der Waals surface area contributed by atoms with Crippen LogP contribution in [0.1, 0.15) is 29.8 Å². The minimum Gasteiger partial charge on any atom is -0.494 e. The molecule has 0 radical (unpaired) electrons. The average Bonchev–Trinajstić information content (AvgIpc) is 2.31. The second-order valence-corrected chi connectivity index (χ2v) is 4.14. The number of thiocarbonyl (C=S) groups is 1. The van der Waals surface area contributed by atoms with Crippen molar-refractivity contribution in [1.29, 1.82) is 0 Å². The predicted molar refractivity (Wildman–Crippen MR) is 74.1 cm³/mol. The van der Waals surface area contributed by atoms with Gasteiger partial charge in [0, 0.05) is 12.0 Å². The summed E-state index contributed by atoms with van der Waals surface area (Å²) in [5, 5.41) is 0. The molecule has 0 bridgehead atoms. The first-order chi connectivity index (χ1) is 8.58. The lowest BCUT2D eigenvalue weighted by molar-refractivity contribution is 0.0526. The standard InChI is InChI=1S/C13H17NO3S/c1-3-16-11-6-5-9(13(15)17-4-2)7-10(11)8-12(14)18/h5-7H,3-4,8H2,1-2H3,(H2,14,18). The molecule has 1 rings (SSSR count). The quantitative estimate of drug-likeness (QED) is 0.631. The van der Waals surface area contributed by atoms with Crippen molar-refractivity contribution in [3.8, 4) is 5.75 Å². The second kappa shape index (κ2) is 6.96. The first kappa shape index (κ1) is 14.4. The van der Waals surface area contributed by atoms with Crippen LogP contribution < -0.4 is 10.5 Å². The molecule has 4 nitrogen and oxygen atoms in total. The molecule has 0 spiro atoms. The summed E-state index contributed by atoms with van der Waals surface area (Å²) in [5.41, 5.74) is 6.81. The number of esters is 1. The third kappa shape index (κ3) is 4.00. The van der Waals surface area contributed by atoms with Gasteiger partial charge in [0.2, 0.25) is 0 Å². The summed E-state index contributed by atoms with van der Waals surface area (Å²) in [4.78, 5) is 12.0. The van der Waals surface area contributed by atoms with Crippen LogP contribution in [-0.2, 0) is 11.2 Å². The maximum atomic E-state index is 11.6. The van der Waals surface area contributed by atoms with Crippen LogP contribution in [-0.4, -0.2) is 24.2 Å². The van der Waals surface area contributed by atoms with Gasteiger partial charge in [-0.1, -0.05) is 12.2 Å². The van der Waals surface area contributed by atoms with Gasteiger partial charge in [-0.15, -0.1) is 0 Å². The lowest BCUT2D eigenvalue weighted by atomic mass is 10.1. The third-order valence-electron chi connectivity index (χ3n) is 2.24. The van der Waals surface area contributed by atoms with Gasteiger partial charge in [0.1, 0.15) is 5.75 Å². The zero-order valence-electron chi connectivity index (χ0n) is 10.6. The van der Waals surface area contributed by atoms with Crippen molar-refractivity contribution in [1.82, 2.24) is 0 Å². The Morgan fingerprint density at radius 3 is 2.61 bits per heavy atom. The molecule has 0 amide bonds. The maximum absolute atomic E-state index is 11.6. The fourth-order valence-electron chi connectivity index (χ4n) is 1.54. The first-order valence-electron chi connectivity index (χ1n) is 5.79.